The number of hydrogen-bond acceptors (Lipinski definition) is 4. The van der Waals surface area contributed by atoms with Crippen LogP contribution in [-0.4, -0.2) is 48.2 Å². The molecule has 0 unspecified atom stereocenters. The molecule has 0 aromatic carbocycles. The smallest absolute Gasteiger partial charge is 0.128 e. The number of aliphatic hydroxyl groups is 1. The number of likely N-dealkylation sites (N-methyl/N-ethyl adjacent to an activating group) is 1. The molecule has 1 aromatic heterocycles. The second kappa shape index (κ2) is 5.47. The fourth-order valence-electron chi connectivity index (χ4n) is 2.11. The zero-order valence-corrected chi connectivity index (χ0v) is 10.6. The van der Waals surface area contributed by atoms with Crippen molar-refractivity contribution in [3.05, 3.63) is 23.9 Å². The average Bonchev–Trinajstić information content (AvgIpc) is 2.54. The molecule has 0 aliphatic carbocycles. The molecule has 4 heteroatoms. The first-order chi connectivity index (χ1) is 8.16. The van der Waals surface area contributed by atoms with Gasteiger partial charge in [0.25, 0.3) is 0 Å². The van der Waals surface area contributed by atoms with Gasteiger partial charge in [-0.05, 0) is 38.6 Å². The van der Waals surface area contributed by atoms with Gasteiger partial charge in [0, 0.05) is 25.8 Å². The number of aromatic nitrogens is 1. The molecule has 1 aliphatic heterocycles. The highest BCUT2D eigenvalue weighted by molar-refractivity contribution is 5.39. The van der Waals surface area contributed by atoms with E-state index < -0.39 is 6.10 Å². The summed E-state index contributed by atoms with van der Waals surface area (Å²) in [7, 11) is 2.16. The van der Waals surface area contributed by atoms with Crippen LogP contribution in [0.3, 0.4) is 0 Å². The van der Waals surface area contributed by atoms with Crippen molar-refractivity contribution < 1.29 is 5.11 Å². The van der Waals surface area contributed by atoms with E-state index in [0.717, 1.165) is 37.6 Å². The molecule has 0 spiro atoms. The maximum Gasteiger partial charge on any atom is 0.128 e. The fraction of sp³-hybridized carbons (Fsp3) is 0.615. The summed E-state index contributed by atoms with van der Waals surface area (Å²) in [6.07, 6.45) is 2.51. The van der Waals surface area contributed by atoms with E-state index in [-0.39, 0.29) is 0 Å². The van der Waals surface area contributed by atoms with Crippen molar-refractivity contribution in [3.63, 3.8) is 0 Å². The SMILES string of the molecule is C[C@@H](O)c1ccc(N2CCCN(C)CC2)nc1. The predicted octanol–water partition coefficient (Wildman–Crippen LogP) is 1.28. The minimum atomic E-state index is -0.438. The van der Waals surface area contributed by atoms with E-state index in [1.54, 1.807) is 13.1 Å². The Morgan fingerprint density at radius 1 is 1.24 bits per heavy atom. The third-order valence-electron chi connectivity index (χ3n) is 3.30. The normalized spacial score (nSPS) is 20.1. The van der Waals surface area contributed by atoms with E-state index in [1.165, 1.54) is 6.42 Å². The van der Waals surface area contributed by atoms with Crippen molar-refractivity contribution in [3.8, 4) is 0 Å². The first kappa shape index (κ1) is 12.3. The second-order valence-corrected chi connectivity index (χ2v) is 4.77. The third-order valence-corrected chi connectivity index (χ3v) is 3.30. The lowest BCUT2D eigenvalue weighted by Crippen LogP contribution is -2.29. The van der Waals surface area contributed by atoms with Gasteiger partial charge in [-0.1, -0.05) is 6.07 Å². The summed E-state index contributed by atoms with van der Waals surface area (Å²) in [5, 5.41) is 9.44. The fourth-order valence-corrected chi connectivity index (χ4v) is 2.11. The average molecular weight is 235 g/mol. The Labute approximate surface area is 103 Å². The molecule has 2 rings (SSSR count). The molecule has 4 nitrogen and oxygen atoms in total. The van der Waals surface area contributed by atoms with Gasteiger partial charge in [-0.25, -0.2) is 4.98 Å². The van der Waals surface area contributed by atoms with Crippen LogP contribution in [0.2, 0.25) is 0 Å². The number of anilines is 1. The Balaban J connectivity index is 2.06. The van der Waals surface area contributed by atoms with Gasteiger partial charge < -0.3 is 14.9 Å². The van der Waals surface area contributed by atoms with Gasteiger partial charge in [0.2, 0.25) is 0 Å². The Morgan fingerprint density at radius 3 is 2.71 bits per heavy atom. The Hall–Kier alpha value is -1.13. The van der Waals surface area contributed by atoms with Crippen LogP contribution in [0.4, 0.5) is 5.82 Å². The highest BCUT2D eigenvalue weighted by atomic mass is 16.3. The highest BCUT2D eigenvalue weighted by Crippen LogP contribution is 2.17. The largest absolute Gasteiger partial charge is 0.389 e. The van der Waals surface area contributed by atoms with E-state index in [2.05, 4.69) is 21.8 Å². The van der Waals surface area contributed by atoms with Crippen molar-refractivity contribution in [1.82, 2.24) is 9.88 Å². The van der Waals surface area contributed by atoms with E-state index in [0.29, 0.717) is 0 Å². The number of aliphatic hydroxyl groups excluding tert-OH is 1. The zero-order chi connectivity index (χ0) is 12.3. The lowest BCUT2D eigenvalue weighted by Gasteiger charge is -2.21. The molecule has 1 saturated heterocycles. The van der Waals surface area contributed by atoms with E-state index in [1.807, 2.05) is 12.1 Å². The van der Waals surface area contributed by atoms with Crippen LogP contribution < -0.4 is 4.90 Å². The van der Waals surface area contributed by atoms with Crippen molar-refractivity contribution in [1.29, 1.82) is 0 Å². The van der Waals surface area contributed by atoms with Crippen molar-refractivity contribution >= 4 is 5.82 Å². The summed E-state index contributed by atoms with van der Waals surface area (Å²) in [5.74, 6) is 1.02. The molecule has 1 aliphatic rings. The molecule has 1 fully saturated rings. The minimum Gasteiger partial charge on any atom is -0.389 e. The van der Waals surface area contributed by atoms with Gasteiger partial charge in [-0.2, -0.15) is 0 Å². The molecule has 1 N–H and O–H groups in total. The van der Waals surface area contributed by atoms with Crippen LogP contribution in [0, 0.1) is 0 Å². The molecular weight excluding hydrogens is 214 g/mol. The van der Waals surface area contributed by atoms with E-state index in [9.17, 15) is 5.11 Å². The second-order valence-electron chi connectivity index (χ2n) is 4.77. The summed E-state index contributed by atoms with van der Waals surface area (Å²) in [6.45, 7) is 6.09. The monoisotopic (exact) mass is 235 g/mol. The summed E-state index contributed by atoms with van der Waals surface area (Å²) in [6, 6.07) is 3.97. The van der Waals surface area contributed by atoms with Crippen molar-refractivity contribution in [2.75, 3.05) is 38.1 Å². The van der Waals surface area contributed by atoms with Crippen molar-refractivity contribution in [2.24, 2.45) is 0 Å². The number of hydrogen-bond donors (Lipinski definition) is 1. The van der Waals surface area contributed by atoms with Crippen LogP contribution in [-0.2, 0) is 0 Å². The first-order valence-corrected chi connectivity index (χ1v) is 6.24. The number of nitrogens with zero attached hydrogens (tertiary/aromatic N) is 3. The van der Waals surface area contributed by atoms with Gasteiger partial charge in [0.05, 0.1) is 6.10 Å². The molecule has 2 heterocycles. The van der Waals surface area contributed by atoms with Crippen LogP contribution >= 0.6 is 0 Å². The molecule has 1 atom stereocenters. The van der Waals surface area contributed by atoms with Gasteiger partial charge in [-0.15, -0.1) is 0 Å². The van der Waals surface area contributed by atoms with Crippen molar-refractivity contribution in [2.45, 2.75) is 19.4 Å². The molecular formula is C13H21N3O. The standard InChI is InChI=1S/C13H21N3O/c1-11(17)12-4-5-13(14-10-12)16-7-3-6-15(2)8-9-16/h4-5,10-11,17H,3,6-9H2,1-2H3/t11-/m1/s1. The highest BCUT2D eigenvalue weighted by Gasteiger charge is 2.13. The van der Waals surface area contributed by atoms with Crippen LogP contribution in [0.25, 0.3) is 0 Å². The molecule has 94 valence electrons. The Bertz CT molecular complexity index is 350. The van der Waals surface area contributed by atoms with Gasteiger partial charge in [-0.3, -0.25) is 0 Å². The van der Waals surface area contributed by atoms with Gasteiger partial charge >= 0.3 is 0 Å². The topological polar surface area (TPSA) is 39.6 Å². The number of rotatable bonds is 2. The summed E-state index contributed by atoms with van der Waals surface area (Å²) in [4.78, 5) is 9.10. The summed E-state index contributed by atoms with van der Waals surface area (Å²) in [5.41, 5.74) is 0.876. The minimum absolute atomic E-state index is 0.438. The molecule has 1 aromatic rings. The van der Waals surface area contributed by atoms with Gasteiger partial charge in [0.15, 0.2) is 0 Å². The maximum atomic E-state index is 9.44. The molecule has 0 radical (unpaired) electrons. The molecule has 0 bridgehead atoms. The first-order valence-electron chi connectivity index (χ1n) is 6.24. The van der Waals surface area contributed by atoms with E-state index in [4.69, 9.17) is 0 Å². The summed E-state index contributed by atoms with van der Waals surface area (Å²) < 4.78 is 0. The third kappa shape index (κ3) is 3.17. The lowest BCUT2D eigenvalue weighted by atomic mass is 10.2. The predicted molar refractivity (Wildman–Crippen MR) is 69.2 cm³/mol. The molecule has 17 heavy (non-hydrogen) atoms. The van der Waals surface area contributed by atoms with Crippen LogP contribution in [0.15, 0.2) is 18.3 Å². The molecule has 0 saturated carbocycles. The quantitative estimate of drug-likeness (QED) is 0.838. The molecule has 0 amide bonds. The van der Waals surface area contributed by atoms with Gasteiger partial charge in [0.1, 0.15) is 5.82 Å². The zero-order valence-electron chi connectivity index (χ0n) is 10.6. The van der Waals surface area contributed by atoms with Crippen LogP contribution in [0.5, 0.6) is 0 Å². The van der Waals surface area contributed by atoms with Crippen LogP contribution in [0.1, 0.15) is 25.0 Å². The number of pyridine rings is 1. The Morgan fingerprint density at radius 2 is 2.06 bits per heavy atom. The Kier molecular flexibility index (Phi) is 3.97. The maximum absolute atomic E-state index is 9.44. The summed E-state index contributed by atoms with van der Waals surface area (Å²) >= 11 is 0. The lowest BCUT2D eigenvalue weighted by molar-refractivity contribution is 0.199. The van der Waals surface area contributed by atoms with E-state index >= 15 is 0 Å².